The summed E-state index contributed by atoms with van der Waals surface area (Å²) in [6.45, 7) is 9.49. The van der Waals surface area contributed by atoms with Crippen LogP contribution >= 0.6 is 0 Å². The Balaban J connectivity index is 1.13. The van der Waals surface area contributed by atoms with Gasteiger partial charge < -0.3 is 15.5 Å². The summed E-state index contributed by atoms with van der Waals surface area (Å²) >= 11 is 0. The van der Waals surface area contributed by atoms with Gasteiger partial charge >= 0.3 is 6.18 Å². The fourth-order valence-corrected chi connectivity index (χ4v) is 5.59. The zero-order valence-electron chi connectivity index (χ0n) is 26.2. The lowest BCUT2D eigenvalue weighted by atomic mass is 10.0. The molecular weight excluding hydrogens is 589 g/mol. The lowest BCUT2D eigenvalue weighted by Crippen LogP contribution is -2.44. The largest absolute Gasteiger partial charge is 0.416 e. The molecule has 2 fully saturated rings. The third-order valence-electron chi connectivity index (χ3n) is 8.47. The maximum Gasteiger partial charge on any atom is 0.416 e. The van der Waals surface area contributed by atoms with Crippen molar-refractivity contribution in [2.24, 2.45) is 7.05 Å². The van der Waals surface area contributed by atoms with Gasteiger partial charge in [-0.05, 0) is 61.7 Å². The van der Waals surface area contributed by atoms with Crippen molar-refractivity contribution < 1.29 is 13.2 Å². The van der Waals surface area contributed by atoms with Crippen LogP contribution in [0.2, 0.25) is 0 Å². The second-order valence-electron chi connectivity index (χ2n) is 12.1. The molecule has 0 unspecified atom stereocenters. The van der Waals surface area contributed by atoms with Crippen molar-refractivity contribution in [2.45, 2.75) is 38.4 Å². The predicted molar refractivity (Wildman–Crippen MR) is 175 cm³/mol. The van der Waals surface area contributed by atoms with Crippen molar-refractivity contribution in [2.75, 3.05) is 43.9 Å². The quantitative estimate of drug-likeness (QED) is 0.220. The van der Waals surface area contributed by atoms with E-state index in [1.165, 1.54) is 6.07 Å². The molecule has 0 atom stereocenters. The molecule has 238 valence electrons. The van der Waals surface area contributed by atoms with Crippen molar-refractivity contribution in [1.29, 1.82) is 0 Å². The number of benzene rings is 2. The number of aryl methyl sites for hydroxylation is 2. The predicted octanol–water partition coefficient (Wildman–Crippen LogP) is 6.39. The third-order valence-corrected chi connectivity index (χ3v) is 8.47. The van der Waals surface area contributed by atoms with E-state index in [2.05, 4.69) is 53.9 Å². The average molecular weight is 627 g/mol. The highest BCUT2D eigenvalue weighted by Gasteiger charge is 2.34. The smallest absolute Gasteiger partial charge is 0.356 e. The van der Waals surface area contributed by atoms with Gasteiger partial charge in [0.1, 0.15) is 0 Å². The summed E-state index contributed by atoms with van der Waals surface area (Å²) in [5.74, 6) is 7.30. The summed E-state index contributed by atoms with van der Waals surface area (Å²) in [7, 11) is 3.97. The molecule has 2 aromatic carbocycles. The molecule has 46 heavy (non-hydrogen) atoms. The van der Waals surface area contributed by atoms with Crippen LogP contribution < -0.4 is 10.6 Å². The lowest BCUT2D eigenvalue weighted by Gasteiger charge is -2.33. The summed E-state index contributed by atoms with van der Waals surface area (Å²) in [5.41, 5.74) is 5.63. The minimum atomic E-state index is -4.47. The molecule has 8 nitrogen and oxygen atoms in total. The second-order valence-corrected chi connectivity index (χ2v) is 12.1. The van der Waals surface area contributed by atoms with Crippen LogP contribution in [-0.2, 0) is 19.8 Å². The van der Waals surface area contributed by atoms with E-state index in [9.17, 15) is 13.2 Å². The number of hydrogen-bond acceptors (Lipinski definition) is 7. The molecule has 0 amide bonds. The molecule has 0 spiro atoms. The first-order valence-electron chi connectivity index (χ1n) is 15.3. The van der Waals surface area contributed by atoms with Gasteiger partial charge in [0.2, 0.25) is 5.95 Å². The molecule has 1 aliphatic carbocycles. The van der Waals surface area contributed by atoms with Crippen LogP contribution in [0.1, 0.15) is 57.8 Å². The van der Waals surface area contributed by atoms with Crippen molar-refractivity contribution in [3.8, 4) is 11.8 Å². The Labute approximate surface area is 267 Å². The minimum absolute atomic E-state index is 0.264. The number of likely N-dealkylation sites (N-methyl/N-ethyl adjacent to an activating group) is 1. The van der Waals surface area contributed by atoms with Crippen molar-refractivity contribution in [3.63, 3.8) is 0 Å². The molecule has 2 aromatic heterocycles. The molecule has 1 saturated heterocycles. The highest BCUT2D eigenvalue weighted by atomic mass is 19.4. The highest BCUT2D eigenvalue weighted by molar-refractivity contribution is 5.76. The Morgan fingerprint density at radius 2 is 1.72 bits per heavy atom. The van der Waals surface area contributed by atoms with Crippen molar-refractivity contribution >= 4 is 23.0 Å². The van der Waals surface area contributed by atoms with Crippen molar-refractivity contribution in [3.05, 3.63) is 101 Å². The van der Waals surface area contributed by atoms with E-state index in [1.807, 2.05) is 43.9 Å². The SMILES string of the molecule is C=C(Nc1ccc(CN2CCN(C)CC2)c(C(F)(F)F)c1)c1ccc(C)c(C#Cc2cnc(Nc3cnn(C)c3C3CC3)nc2)c1. The Hall–Kier alpha value is -4.66. The van der Waals surface area contributed by atoms with Gasteiger partial charge in [0, 0.05) is 75.0 Å². The summed E-state index contributed by atoms with van der Waals surface area (Å²) < 4.78 is 44.2. The van der Waals surface area contributed by atoms with Crippen molar-refractivity contribution in [1.82, 2.24) is 29.5 Å². The van der Waals surface area contributed by atoms with E-state index in [0.717, 1.165) is 67.1 Å². The molecule has 1 aliphatic heterocycles. The number of nitrogens with one attached hydrogen (secondary N) is 2. The van der Waals surface area contributed by atoms with Crippen LogP contribution in [0.5, 0.6) is 0 Å². The first-order valence-corrected chi connectivity index (χ1v) is 15.3. The normalized spacial score (nSPS) is 15.7. The molecular formula is C35H37F3N8. The molecule has 0 radical (unpaired) electrons. The van der Waals surface area contributed by atoms with Gasteiger partial charge in [-0.15, -0.1) is 0 Å². The third kappa shape index (κ3) is 7.41. The van der Waals surface area contributed by atoms with Crippen LogP contribution in [0.4, 0.5) is 30.5 Å². The molecule has 2 N–H and O–H groups in total. The number of aromatic nitrogens is 4. The van der Waals surface area contributed by atoms with E-state index in [1.54, 1.807) is 30.7 Å². The van der Waals surface area contributed by atoms with Gasteiger partial charge in [0.25, 0.3) is 0 Å². The fraction of sp³-hybridized carbons (Fsp3) is 0.343. The minimum Gasteiger partial charge on any atom is -0.356 e. The number of hydrogen-bond donors (Lipinski definition) is 2. The number of piperazine rings is 1. The maximum absolute atomic E-state index is 14.1. The second kappa shape index (κ2) is 13.0. The zero-order chi connectivity index (χ0) is 32.4. The van der Waals surface area contributed by atoms with Gasteiger partial charge in [-0.25, -0.2) is 9.97 Å². The molecule has 1 saturated carbocycles. The van der Waals surface area contributed by atoms with Gasteiger partial charge in [0.05, 0.1) is 28.7 Å². The first kappa shape index (κ1) is 31.3. The number of nitrogens with zero attached hydrogens (tertiary/aromatic N) is 6. The van der Waals surface area contributed by atoms with Crippen LogP contribution in [0.3, 0.4) is 0 Å². The summed E-state index contributed by atoms with van der Waals surface area (Å²) in [5, 5.41) is 10.7. The van der Waals surface area contributed by atoms with Crippen LogP contribution in [0, 0.1) is 18.8 Å². The van der Waals surface area contributed by atoms with E-state index >= 15 is 0 Å². The number of alkyl halides is 3. The molecule has 11 heteroatoms. The average Bonchev–Trinajstić information content (AvgIpc) is 3.80. The van der Waals surface area contributed by atoms with Crippen LogP contribution in [-0.4, -0.2) is 62.8 Å². The maximum atomic E-state index is 14.1. The summed E-state index contributed by atoms with van der Waals surface area (Å²) in [6, 6.07) is 10.1. The fourth-order valence-electron chi connectivity index (χ4n) is 5.59. The zero-order valence-corrected chi connectivity index (χ0v) is 26.2. The van der Waals surface area contributed by atoms with Gasteiger partial charge in [-0.3, -0.25) is 9.58 Å². The molecule has 0 bridgehead atoms. The number of rotatable bonds is 8. The Morgan fingerprint density at radius 3 is 2.41 bits per heavy atom. The molecule has 4 aromatic rings. The van der Waals surface area contributed by atoms with E-state index < -0.39 is 11.7 Å². The van der Waals surface area contributed by atoms with Gasteiger partial charge in [0.15, 0.2) is 0 Å². The first-order chi connectivity index (χ1) is 22.0. The summed E-state index contributed by atoms with van der Waals surface area (Å²) in [4.78, 5) is 13.1. The van der Waals surface area contributed by atoms with Crippen LogP contribution in [0.15, 0.2) is 61.6 Å². The lowest BCUT2D eigenvalue weighted by molar-refractivity contribution is -0.138. The molecule has 3 heterocycles. The molecule has 6 rings (SSSR count). The van der Waals surface area contributed by atoms with Crippen LogP contribution in [0.25, 0.3) is 5.70 Å². The molecule has 2 aliphatic rings. The topological polar surface area (TPSA) is 74.1 Å². The Bertz CT molecular complexity index is 1790. The monoisotopic (exact) mass is 626 g/mol. The van der Waals surface area contributed by atoms with Gasteiger partial charge in [-0.1, -0.05) is 36.6 Å². The summed E-state index contributed by atoms with van der Waals surface area (Å²) in [6.07, 6.45) is 2.99. The van der Waals surface area contributed by atoms with E-state index in [-0.39, 0.29) is 12.1 Å². The number of halogens is 3. The standard InChI is InChI=1S/C35H37F3N8/c1-23-5-7-28(24(2)42-30-12-11-29(31(18-30)35(36,37)38)22-46-15-13-44(3)14-16-46)17-27(23)8-6-25-19-39-34(40-20-25)43-32-21-41-45(4)33(32)26-9-10-26/h5,7,11-12,17-21,26,42H,2,9-10,13-16,22H2,1,3-4H3,(H,39,40,43). The van der Waals surface area contributed by atoms with E-state index in [0.29, 0.717) is 28.8 Å². The highest BCUT2D eigenvalue weighted by Crippen LogP contribution is 2.43. The van der Waals surface area contributed by atoms with Gasteiger partial charge in [-0.2, -0.15) is 18.3 Å². The van der Waals surface area contributed by atoms with E-state index in [4.69, 9.17) is 0 Å². The number of anilines is 3. The Kier molecular flexibility index (Phi) is 8.84. The Morgan fingerprint density at radius 1 is 0.978 bits per heavy atom.